The summed E-state index contributed by atoms with van der Waals surface area (Å²) in [4.78, 5) is 15.9. The van der Waals surface area contributed by atoms with Gasteiger partial charge in [0.05, 0.1) is 12.8 Å². The third kappa shape index (κ3) is 10.2. The van der Waals surface area contributed by atoms with E-state index in [1.54, 1.807) is 0 Å². The van der Waals surface area contributed by atoms with Crippen LogP contribution >= 0.6 is 7.60 Å². The first-order chi connectivity index (χ1) is 3.06. The molecular formula is C2H8NaO4P. The van der Waals surface area contributed by atoms with Gasteiger partial charge in [-0.25, -0.2) is 0 Å². The zero-order valence-electron chi connectivity index (χ0n) is 3.61. The Morgan fingerprint density at radius 2 is 1.75 bits per heavy atom. The molecular weight excluding hydrogens is 142 g/mol. The van der Waals surface area contributed by atoms with Crippen LogP contribution in [-0.4, -0.2) is 57.2 Å². The van der Waals surface area contributed by atoms with Crippen molar-refractivity contribution in [3.63, 3.8) is 0 Å². The maximum absolute atomic E-state index is 9.77. The van der Waals surface area contributed by atoms with Gasteiger partial charge in [-0.1, -0.05) is 0 Å². The van der Waals surface area contributed by atoms with Gasteiger partial charge < -0.3 is 14.9 Å². The molecule has 0 unspecified atom stereocenters. The zero-order chi connectivity index (χ0) is 5.91. The molecule has 0 saturated carbocycles. The number of aliphatic hydroxyl groups is 1. The van der Waals surface area contributed by atoms with E-state index in [1.165, 1.54) is 0 Å². The van der Waals surface area contributed by atoms with Crippen LogP contribution in [0.15, 0.2) is 0 Å². The summed E-state index contributed by atoms with van der Waals surface area (Å²) < 4.78 is 9.77. The molecule has 0 aliphatic rings. The van der Waals surface area contributed by atoms with E-state index in [1.807, 2.05) is 0 Å². The topological polar surface area (TPSA) is 77.8 Å². The van der Waals surface area contributed by atoms with Crippen molar-refractivity contribution in [2.24, 2.45) is 0 Å². The quantitative estimate of drug-likeness (QED) is 0.331. The summed E-state index contributed by atoms with van der Waals surface area (Å²) in [5, 5.41) is 7.91. The molecule has 0 bridgehead atoms. The molecule has 3 N–H and O–H groups in total. The van der Waals surface area contributed by atoms with Crippen molar-refractivity contribution in [3.8, 4) is 0 Å². The van der Waals surface area contributed by atoms with E-state index in [2.05, 4.69) is 0 Å². The Labute approximate surface area is 69.4 Å². The summed E-state index contributed by atoms with van der Waals surface area (Å²) in [6.45, 7) is -0.454. The fraction of sp³-hybridized carbons (Fsp3) is 1.00. The van der Waals surface area contributed by atoms with Crippen LogP contribution in [0.2, 0.25) is 0 Å². The molecule has 0 amide bonds. The second-order valence-corrected chi connectivity index (χ2v) is 2.89. The molecule has 0 saturated heterocycles. The average molecular weight is 150 g/mol. The molecule has 0 fully saturated rings. The number of rotatable bonds is 2. The fourth-order valence-electron chi connectivity index (χ4n) is 0.130. The third-order valence-corrected chi connectivity index (χ3v) is 1.17. The maximum atomic E-state index is 9.77. The molecule has 0 aliphatic heterocycles. The fourth-order valence-corrected chi connectivity index (χ4v) is 0.391. The summed E-state index contributed by atoms with van der Waals surface area (Å²) >= 11 is 0. The first-order valence-corrected chi connectivity index (χ1v) is 3.51. The zero-order valence-corrected chi connectivity index (χ0v) is 4.51. The predicted octanol–water partition coefficient (Wildman–Crippen LogP) is -1.49. The Kier molecular flexibility index (Phi) is 7.32. The van der Waals surface area contributed by atoms with E-state index in [-0.39, 0.29) is 29.6 Å². The first kappa shape index (κ1) is 11.9. The number of hydrogen-bond donors (Lipinski definition) is 3. The Morgan fingerprint density at radius 3 is 1.75 bits per heavy atom. The van der Waals surface area contributed by atoms with Crippen LogP contribution in [0.1, 0.15) is 0 Å². The molecule has 0 aromatic carbocycles. The van der Waals surface area contributed by atoms with Crippen LogP contribution in [0.3, 0.4) is 0 Å². The van der Waals surface area contributed by atoms with E-state index >= 15 is 0 Å². The summed E-state index contributed by atoms with van der Waals surface area (Å²) in [6.07, 6.45) is -0.438. The SMILES string of the molecule is O=P(O)(O)CCO.[NaH]. The van der Waals surface area contributed by atoms with Crippen LogP contribution in [0, 0.1) is 0 Å². The molecule has 0 spiro atoms. The average Bonchev–Trinajstić information content (AvgIpc) is 1.30. The van der Waals surface area contributed by atoms with Crippen LogP contribution in [0.5, 0.6) is 0 Å². The predicted molar refractivity (Wildman–Crippen MR) is 31.1 cm³/mol. The van der Waals surface area contributed by atoms with Gasteiger partial charge in [0, 0.05) is 0 Å². The molecule has 0 atom stereocenters. The van der Waals surface area contributed by atoms with Crippen molar-refractivity contribution in [2.75, 3.05) is 12.8 Å². The van der Waals surface area contributed by atoms with E-state index < -0.39 is 20.4 Å². The third-order valence-electron chi connectivity index (χ3n) is 0.391. The van der Waals surface area contributed by atoms with Gasteiger partial charge in [-0.05, 0) is 0 Å². The molecule has 8 heavy (non-hydrogen) atoms. The van der Waals surface area contributed by atoms with E-state index in [9.17, 15) is 4.57 Å². The number of hydrogen-bond acceptors (Lipinski definition) is 2. The van der Waals surface area contributed by atoms with E-state index in [0.29, 0.717) is 0 Å². The minimum absolute atomic E-state index is 0. The Morgan fingerprint density at radius 1 is 1.38 bits per heavy atom. The molecule has 4 nitrogen and oxygen atoms in total. The van der Waals surface area contributed by atoms with Crippen LogP contribution in [-0.2, 0) is 4.57 Å². The summed E-state index contributed by atoms with van der Waals surface area (Å²) in [5.41, 5.74) is 0. The van der Waals surface area contributed by atoms with E-state index in [0.717, 1.165) is 0 Å². The first-order valence-electron chi connectivity index (χ1n) is 1.72. The van der Waals surface area contributed by atoms with Crippen molar-refractivity contribution in [1.29, 1.82) is 0 Å². The van der Waals surface area contributed by atoms with Crippen molar-refractivity contribution in [3.05, 3.63) is 0 Å². The van der Waals surface area contributed by atoms with Crippen molar-refractivity contribution in [2.45, 2.75) is 0 Å². The molecule has 0 aliphatic carbocycles. The van der Waals surface area contributed by atoms with Crippen molar-refractivity contribution < 1.29 is 19.5 Å². The second kappa shape index (κ2) is 4.94. The van der Waals surface area contributed by atoms with E-state index in [4.69, 9.17) is 14.9 Å². The Hall–Kier alpha value is 1.11. The van der Waals surface area contributed by atoms with Crippen LogP contribution in [0.4, 0.5) is 0 Å². The van der Waals surface area contributed by atoms with Crippen LogP contribution in [0.25, 0.3) is 0 Å². The minimum atomic E-state index is -3.92. The monoisotopic (exact) mass is 150 g/mol. The molecule has 0 rings (SSSR count). The standard InChI is InChI=1S/C2H7O4P.Na.H/c3-1-2-7(4,5)6;;/h3H,1-2H2,(H2,4,5,6);;. The van der Waals surface area contributed by atoms with Gasteiger partial charge in [0.15, 0.2) is 0 Å². The molecule has 0 heterocycles. The molecule has 0 radical (unpaired) electrons. The molecule has 46 valence electrons. The van der Waals surface area contributed by atoms with Gasteiger partial charge in [0.2, 0.25) is 0 Å². The van der Waals surface area contributed by atoms with Gasteiger partial charge in [-0.3, -0.25) is 4.57 Å². The Bertz CT molecular complexity index is 88.0. The molecule has 6 heteroatoms. The van der Waals surface area contributed by atoms with Gasteiger partial charge in [-0.2, -0.15) is 0 Å². The molecule has 0 aromatic heterocycles. The summed E-state index contributed by atoms with van der Waals surface area (Å²) in [6, 6.07) is 0. The summed E-state index contributed by atoms with van der Waals surface area (Å²) in [5.74, 6) is 0. The van der Waals surface area contributed by atoms with Crippen molar-refractivity contribution >= 4 is 37.2 Å². The number of aliphatic hydroxyl groups excluding tert-OH is 1. The van der Waals surface area contributed by atoms with Crippen LogP contribution < -0.4 is 0 Å². The summed E-state index contributed by atoms with van der Waals surface area (Å²) in [7, 11) is -3.92. The normalized spacial score (nSPS) is 10.4. The van der Waals surface area contributed by atoms with Gasteiger partial charge in [-0.15, -0.1) is 0 Å². The van der Waals surface area contributed by atoms with Gasteiger partial charge in [0.25, 0.3) is 0 Å². The second-order valence-electron chi connectivity index (χ2n) is 1.11. The molecule has 0 aromatic rings. The van der Waals surface area contributed by atoms with Gasteiger partial charge >= 0.3 is 37.2 Å². The Balaban J connectivity index is 0. The van der Waals surface area contributed by atoms with Crippen molar-refractivity contribution in [1.82, 2.24) is 0 Å². The van der Waals surface area contributed by atoms with Gasteiger partial charge in [0.1, 0.15) is 0 Å².